The molecule has 0 atom stereocenters. The van der Waals surface area contributed by atoms with Gasteiger partial charge in [-0.25, -0.2) is 9.97 Å². The van der Waals surface area contributed by atoms with Gasteiger partial charge in [0.05, 0.1) is 0 Å². The van der Waals surface area contributed by atoms with Crippen LogP contribution in [0, 0.1) is 6.92 Å². The summed E-state index contributed by atoms with van der Waals surface area (Å²) in [4.78, 5) is 8.74. The molecule has 19 heavy (non-hydrogen) atoms. The van der Waals surface area contributed by atoms with Crippen molar-refractivity contribution in [3.63, 3.8) is 0 Å². The SMILES string of the molecule is CCc1nc(Cl)ccc1-c1cc(C)c2nccn2c1. The maximum absolute atomic E-state index is 5.97. The van der Waals surface area contributed by atoms with Gasteiger partial charge < -0.3 is 4.40 Å². The summed E-state index contributed by atoms with van der Waals surface area (Å²) in [5, 5.41) is 0.543. The van der Waals surface area contributed by atoms with Gasteiger partial charge >= 0.3 is 0 Å². The molecule has 0 saturated heterocycles. The summed E-state index contributed by atoms with van der Waals surface area (Å²) >= 11 is 5.97. The summed E-state index contributed by atoms with van der Waals surface area (Å²) in [6.07, 6.45) is 6.71. The van der Waals surface area contributed by atoms with Crippen LogP contribution in [0.3, 0.4) is 0 Å². The standard InChI is InChI=1S/C15H14ClN3/c1-3-13-12(4-5-14(16)18-13)11-8-10(2)15-17-6-7-19(15)9-11/h4-9H,3H2,1-2H3. The number of halogens is 1. The normalized spacial score (nSPS) is 11.1. The smallest absolute Gasteiger partial charge is 0.139 e. The van der Waals surface area contributed by atoms with Crippen LogP contribution in [0.25, 0.3) is 16.8 Å². The van der Waals surface area contributed by atoms with Crippen LogP contribution >= 0.6 is 11.6 Å². The van der Waals surface area contributed by atoms with E-state index >= 15 is 0 Å². The molecule has 96 valence electrons. The fraction of sp³-hybridized carbons (Fsp3) is 0.200. The van der Waals surface area contributed by atoms with Gasteiger partial charge in [0.15, 0.2) is 0 Å². The summed E-state index contributed by atoms with van der Waals surface area (Å²) in [5.74, 6) is 0. The molecule has 3 nitrogen and oxygen atoms in total. The number of hydrogen-bond acceptors (Lipinski definition) is 2. The van der Waals surface area contributed by atoms with Crippen LogP contribution in [-0.2, 0) is 6.42 Å². The minimum atomic E-state index is 0.543. The number of pyridine rings is 2. The second-order valence-electron chi connectivity index (χ2n) is 4.55. The lowest BCUT2D eigenvalue weighted by atomic mass is 10.0. The molecule has 0 aliphatic heterocycles. The first-order valence-electron chi connectivity index (χ1n) is 6.28. The first kappa shape index (κ1) is 12.2. The zero-order valence-electron chi connectivity index (χ0n) is 10.9. The van der Waals surface area contributed by atoms with Crippen LogP contribution in [-0.4, -0.2) is 14.4 Å². The molecule has 3 aromatic rings. The highest BCUT2D eigenvalue weighted by molar-refractivity contribution is 6.29. The number of hydrogen-bond donors (Lipinski definition) is 0. The lowest BCUT2D eigenvalue weighted by Gasteiger charge is -2.09. The number of aryl methyl sites for hydroxylation is 2. The molecule has 3 rings (SSSR count). The predicted octanol–water partition coefficient (Wildman–Crippen LogP) is 3.92. The van der Waals surface area contributed by atoms with Gasteiger partial charge in [-0.15, -0.1) is 0 Å². The monoisotopic (exact) mass is 271 g/mol. The molecule has 0 spiro atoms. The highest BCUT2D eigenvalue weighted by Crippen LogP contribution is 2.26. The first-order valence-corrected chi connectivity index (χ1v) is 6.66. The van der Waals surface area contributed by atoms with Crippen molar-refractivity contribution in [2.75, 3.05) is 0 Å². The van der Waals surface area contributed by atoms with Crippen LogP contribution in [0.4, 0.5) is 0 Å². The zero-order valence-corrected chi connectivity index (χ0v) is 11.6. The Morgan fingerprint density at radius 1 is 1.32 bits per heavy atom. The third-order valence-corrected chi connectivity index (χ3v) is 3.47. The van der Waals surface area contributed by atoms with E-state index in [4.69, 9.17) is 11.6 Å². The van der Waals surface area contributed by atoms with Crippen molar-refractivity contribution in [1.82, 2.24) is 14.4 Å². The number of rotatable bonds is 2. The number of nitrogens with zero attached hydrogens (tertiary/aromatic N) is 3. The van der Waals surface area contributed by atoms with Crippen molar-refractivity contribution >= 4 is 17.2 Å². The van der Waals surface area contributed by atoms with E-state index in [1.54, 1.807) is 0 Å². The topological polar surface area (TPSA) is 30.2 Å². The summed E-state index contributed by atoms with van der Waals surface area (Å²) in [5.41, 5.74) is 5.43. The number of imidazole rings is 1. The van der Waals surface area contributed by atoms with Crippen LogP contribution in [0.5, 0.6) is 0 Å². The van der Waals surface area contributed by atoms with E-state index in [-0.39, 0.29) is 0 Å². The minimum Gasteiger partial charge on any atom is -0.306 e. The summed E-state index contributed by atoms with van der Waals surface area (Å²) < 4.78 is 2.04. The van der Waals surface area contributed by atoms with Gasteiger partial charge in [0.1, 0.15) is 10.8 Å². The average Bonchev–Trinajstić information content (AvgIpc) is 2.87. The summed E-state index contributed by atoms with van der Waals surface area (Å²) in [7, 11) is 0. The van der Waals surface area contributed by atoms with E-state index in [0.29, 0.717) is 5.15 Å². The Morgan fingerprint density at radius 3 is 2.95 bits per heavy atom. The molecular formula is C15H14ClN3. The van der Waals surface area contributed by atoms with Gasteiger partial charge in [-0.1, -0.05) is 18.5 Å². The molecule has 0 fully saturated rings. The van der Waals surface area contributed by atoms with Gasteiger partial charge in [0.25, 0.3) is 0 Å². The fourth-order valence-corrected chi connectivity index (χ4v) is 2.53. The molecule has 3 heterocycles. The maximum atomic E-state index is 5.97. The van der Waals surface area contributed by atoms with E-state index in [9.17, 15) is 0 Å². The molecule has 4 heteroatoms. The zero-order chi connectivity index (χ0) is 13.4. The molecule has 0 N–H and O–H groups in total. The highest BCUT2D eigenvalue weighted by Gasteiger charge is 2.09. The number of aromatic nitrogens is 3. The predicted molar refractivity (Wildman–Crippen MR) is 77.5 cm³/mol. The van der Waals surface area contributed by atoms with Crippen molar-refractivity contribution in [1.29, 1.82) is 0 Å². The molecule has 0 saturated carbocycles. The van der Waals surface area contributed by atoms with Crippen molar-refractivity contribution in [2.24, 2.45) is 0 Å². The van der Waals surface area contributed by atoms with Gasteiger partial charge in [-0.2, -0.15) is 0 Å². The summed E-state index contributed by atoms with van der Waals surface area (Å²) in [6.45, 7) is 4.16. The quantitative estimate of drug-likeness (QED) is 0.661. The van der Waals surface area contributed by atoms with Crippen LogP contribution in [0.2, 0.25) is 5.15 Å². The Labute approximate surface area is 116 Å². The van der Waals surface area contributed by atoms with Crippen molar-refractivity contribution in [2.45, 2.75) is 20.3 Å². The Bertz CT molecular complexity index is 746. The van der Waals surface area contributed by atoms with Crippen molar-refractivity contribution < 1.29 is 0 Å². The van der Waals surface area contributed by atoms with E-state index in [2.05, 4.69) is 36.1 Å². The second kappa shape index (κ2) is 4.67. The van der Waals surface area contributed by atoms with E-state index < -0.39 is 0 Å². The molecule has 0 aromatic carbocycles. The van der Waals surface area contributed by atoms with Gasteiger partial charge in [-0.05, 0) is 37.1 Å². The van der Waals surface area contributed by atoms with Crippen LogP contribution in [0.1, 0.15) is 18.2 Å². The third kappa shape index (κ3) is 2.10. The highest BCUT2D eigenvalue weighted by atomic mass is 35.5. The Kier molecular flexibility index (Phi) is 2.99. The lowest BCUT2D eigenvalue weighted by Crippen LogP contribution is -1.95. The Morgan fingerprint density at radius 2 is 2.16 bits per heavy atom. The molecule has 3 aromatic heterocycles. The van der Waals surface area contributed by atoms with Gasteiger partial charge in [0, 0.05) is 35.4 Å². The maximum Gasteiger partial charge on any atom is 0.139 e. The first-order chi connectivity index (χ1) is 9.19. The molecule has 0 bridgehead atoms. The average molecular weight is 272 g/mol. The molecule has 0 radical (unpaired) electrons. The van der Waals surface area contributed by atoms with Crippen molar-refractivity contribution in [3.05, 3.63) is 53.2 Å². The largest absolute Gasteiger partial charge is 0.306 e. The van der Waals surface area contributed by atoms with Crippen LogP contribution < -0.4 is 0 Å². The molecule has 0 aliphatic rings. The fourth-order valence-electron chi connectivity index (χ4n) is 2.36. The van der Waals surface area contributed by atoms with Gasteiger partial charge in [0.2, 0.25) is 0 Å². The van der Waals surface area contributed by atoms with E-state index in [0.717, 1.165) is 34.5 Å². The van der Waals surface area contributed by atoms with Gasteiger partial charge in [-0.3, -0.25) is 0 Å². The lowest BCUT2D eigenvalue weighted by molar-refractivity contribution is 1.04. The Hall–Kier alpha value is -1.87. The summed E-state index contributed by atoms with van der Waals surface area (Å²) in [6, 6.07) is 6.02. The molecular weight excluding hydrogens is 258 g/mol. The molecule has 0 unspecified atom stereocenters. The van der Waals surface area contributed by atoms with E-state index in [1.807, 2.05) is 28.9 Å². The second-order valence-corrected chi connectivity index (χ2v) is 4.94. The van der Waals surface area contributed by atoms with Crippen LogP contribution in [0.15, 0.2) is 36.8 Å². The Balaban J connectivity index is 2.23. The minimum absolute atomic E-state index is 0.543. The third-order valence-electron chi connectivity index (χ3n) is 3.26. The molecule has 0 amide bonds. The van der Waals surface area contributed by atoms with Crippen molar-refractivity contribution in [3.8, 4) is 11.1 Å². The van der Waals surface area contributed by atoms with E-state index in [1.165, 1.54) is 0 Å². The number of fused-ring (bicyclic) bond motifs is 1. The molecule has 0 aliphatic carbocycles.